The van der Waals surface area contributed by atoms with Gasteiger partial charge < -0.3 is 14.6 Å². The maximum absolute atomic E-state index is 5.87. The van der Waals surface area contributed by atoms with Crippen LogP contribution in [-0.2, 0) is 6.54 Å². The lowest BCUT2D eigenvalue weighted by atomic mass is 10.2. The van der Waals surface area contributed by atoms with Crippen LogP contribution in [-0.4, -0.2) is 16.7 Å². The van der Waals surface area contributed by atoms with E-state index in [9.17, 15) is 0 Å². The van der Waals surface area contributed by atoms with Crippen molar-refractivity contribution in [2.75, 3.05) is 11.9 Å². The number of hydrogen-bond acceptors (Lipinski definition) is 5. The molecule has 1 N–H and O–H groups in total. The summed E-state index contributed by atoms with van der Waals surface area (Å²) in [5.41, 5.74) is 1.82. The molecule has 1 heterocycles. The zero-order valence-corrected chi connectivity index (χ0v) is 13.4. The average Bonchev–Trinajstić information content (AvgIpc) is 3.04. The van der Waals surface area contributed by atoms with Gasteiger partial charge in [-0.25, -0.2) is 0 Å². The summed E-state index contributed by atoms with van der Waals surface area (Å²) in [6.07, 6.45) is 0. The lowest BCUT2D eigenvalue weighted by Gasteiger charge is -2.05. The first-order valence-electron chi connectivity index (χ1n) is 7.30. The Morgan fingerprint density at radius 1 is 1.09 bits per heavy atom. The molecular formula is C17H16ClN3O2. The Morgan fingerprint density at radius 2 is 1.83 bits per heavy atom. The molecule has 6 heteroatoms. The minimum Gasteiger partial charge on any atom is -0.494 e. The quantitative estimate of drug-likeness (QED) is 0.726. The Hall–Kier alpha value is -2.53. The van der Waals surface area contributed by atoms with Crippen molar-refractivity contribution in [3.8, 4) is 17.1 Å². The Bertz CT molecular complexity index is 754. The van der Waals surface area contributed by atoms with E-state index in [2.05, 4.69) is 15.5 Å². The standard InChI is InChI=1S/C17H16ClN3O2/c1-2-22-15-9-7-14(8-10-15)19-11-16-20-17(21-23-16)12-3-5-13(18)6-4-12/h3-10,19H,2,11H2,1H3. The maximum atomic E-state index is 5.87. The molecule has 0 unspecified atom stereocenters. The van der Waals surface area contributed by atoms with Crippen molar-refractivity contribution < 1.29 is 9.26 Å². The number of aromatic nitrogens is 2. The van der Waals surface area contributed by atoms with E-state index >= 15 is 0 Å². The lowest BCUT2D eigenvalue weighted by Crippen LogP contribution is -1.99. The average molecular weight is 330 g/mol. The van der Waals surface area contributed by atoms with E-state index in [0.29, 0.717) is 29.9 Å². The lowest BCUT2D eigenvalue weighted by molar-refractivity contribution is 0.340. The van der Waals surface area contributed by atoms with Crippen LogP contribution in [0.15, 0.2) is 53.1 Å². The van der Waals surface area contributed by atoms with Crippen molar-refractivity contribution in [1.29, 1.82) is 0 Å². The van der Waals surface area contributed by atoms with E-state index in [4.69, 9.17) is 20.9 Å². The second-order valence-electron chi connectivity index (χ2n) is 4.83. The third kappa shape index (κ3) is 4.02. The minimum atomic E-state index is 0.453. The number of rotatable bonds is 6. The van der Waals surface area contributed by atoms with Crippen molar-refractivity contribution in [3.63, 3.8) is 0 Å². The van der Waals surface area contributed by atoms with E-state index in [1.165, 1.54) is 0 Å². The number of nitrogens with zero attached hydrogens (tertiary/aromatic N) is 2. The summed E-state index contributed by atoms with van der Waals surface area (Å²) in [5.74, 6) is 1.91. The fraction of sp³-hybridized carbons (Fsp3) is 0.176. The highest BCUT2D eigenvalue weighted by Crippen LogP contribution is 2.19. The van der Waals surface area contributed by atoms with Gasteiger partial charge in [0.25, 0.3) is 0 Å². The number of hydrogen-bond donors (Lipinski definition) is 1. The van der Waals surface area contributed by atoms with E-state index in [-0.39, 0.29) is 0 Å². The molecule has 3 aromatic rings. The topological polar surface area (TPSA) is 60.2 Å². The molecule has 5 nitrogen and oxygen atoms in total. The summed E-state index contributed by atoms with van der Waals surface area (Å²) in [5, 5.41) is 7.88. The van der Waals surface area contributed by atoms with Crippen molar-refractivity contribution in [1.82, 2.24) is 10.1 Å². The molecule has 0 aliphatic rings. The van der Waals surface area contributed by atoms with Crippen molar-refractivity contribution in [3.05, 3.63) is 59.4 Å². The van der Waals surface area contributed by atoms with E-state index in [0.717, 1.165) is 17.0 Å². The second-order valence-corrected chi connectivity index (χ2v) is 5.27. The summed E-state index contributed by atoms with van der Waals surface area (Å²) in [7, 11) is 0. The van der Waals surface area contributed by atoms with Gasteiger partial charge in [-0.2, -0.15) is 4.98 Å². The summed E-state index contributed by atoms with van der Waals surface area (Å²) in [6.45, 7) is 3.07. The van der Waals surface area contributed by atoms with Crippen LogP contribution in [0.2, 0.25) is 5.02 Å². The first-order valence-corrected chi connectivity index (χ1v) is 7.67. The van der Waals surface area contributed by atoms with Crippen LogP contribution in [0.3, 0.4) is 0 Å². The summed E-state index contributed by atoms with van der Waals surface area (Å²) < 4.78 is 10.7. The van der Waals surface area contributed by atoms with E-state index in [1.807, 2.05) is 43.3 Å². The van der Waals surface area contributed by atoms with Crippen LogP contribution in [0.5, 0.6) is 5.75 Å². The Morgan fingerprint density at radius 3 is 2.52 bits per heavy atom. The van der Waals surface area contributed by atoms with Gasteiger partial charge in [-0.05, 0) is 55.5 Å². The molecule has 3 rings (SSSR count). The highest BCUT2D eigenvalue weighted by Gasteiger charge is 2.08. The number of ether oxygens (including phenoxy) is 1. The molecule has 0 radical (unpaired) electrons. The third-order valence-electron chi connectivity index (χ3n) is 3.18. The molecule has 0 fully saturated rings. The molecule has 118 valence electrons. The molecule has 0 aliphatic carbocycles. The number of benzene rings is 2. The first-order chi connectivity index (χ1) is 11.2. The van der Waals surface area contributed by atoms with Crippen LogP contribution < -0.4 is 10.1 Å². The van der Waals surface area contributed by atoms with Gasteiger partial charge in [0.1, 0.15) is 5.75 Å². The fourth-order valence-electron chi connectivity index (χ4n) is 2.06. The predicted octanol–water partition coefficient (Wildman–Crippen LogP) is 4.40. The molecule has 0 atom stereocenters. The van der Waals surface area contributed by atoms with E-state index < -0.39 is 0 Å². The van der Waals surface area contributed by atoms with Gasteiger partial charge in [0.2, 0.25) is 11.7 Å². The summed E-state index contributed by atoms with van der Waals surface area (Å²) in [4.78, 5) is 4.36. The Balaban J connectivity index is 1.61. The molecule has 2 aromatic carbocycles. The van der Waals surface area contributed by atoms with Crippen molar-refractivity contribution in [2.24, 2.45) is 0 Å². The molecule has 0 amide bonds. The fourth-order valence-corrected chi connectivity index (χ4v) is 2.18. The highest BCUT2D eigenvalue weighted by atomic mass is 35.5. The van der Waals surface area contributed by atoms with Gasteiger partial charge in [0.05, 0.1) is 13.2 Å². The summed E-state index contributed by atoms with van der Waals surface area (Å²) in [6, 6.07) is 15.0. The number of halogens is 1. The maximum Gasteiger partial charge on any atom is 0.246 e. The molecule has 23 heavy (non-hydrogen) atoms. The van der Waals surface area contributed by atoms with Crippen LogP contribution in [0.25, 0.3) is 11.4 Å². The van der Waals surface area contributed by atoms with Crippen molar-refractivity contribution in [2.45, 2.75) is 13.5 Å². The molecular weight excluding hydrogens is 314 g/mol. The summed E-state index contributed by atoms with van der Waals surface area (Å²) >= 11 is 5.87. The largest absolute Gasteiger partial charge is 0.494 e. The van der Waals surface area contributed by atoms with Crippen LogP contribution in [0.4, 0.5) is 5.69 Å². The van der Waals surface area contributed by atoms with Gasteiger partial charge in [-0.15, -0.1) is 0 Å². The second kappa shape index (κ2) is 7.15. The van der Waals surface area contributed by atoms with Gasteiger partial charge in [0, 0.05) is 16.3 Å². The molecule has 1 aromatic heterocycles. The molecule has 0 bridgehead atoms. The zero-order valence-electron chi connectivity index (χ0n) is 12.6. The van der Waals surface area contributed by atoms with Gasteiger partial charge in [-0.3, -0.25) is 0 Å². The van der Waals surface area contributed by atoms with E-state index in [1.54, 1.807) is 12.1 Å². The number of anilines is 1. The minimum absolute atomic E-state index is 0.453. The zero-order chi connectivity index (χ0) is 16.1. The smallest absolute Gasteiger partial charge is 0.246 e. The van der Waals surface area contributed by atoms with Crippen LogP contribution in [0, 0.1) is 0 Å². The van der Waals surface area contributed by atoms with Crippen molar-refractivity contribution >= 4 is 17.3 Å². The molecule has 0 saturated carbocycles. The molecule has 0 aliphatic heterocycles. The Labute approximate surface area is 139 Å². The normalized spacial score (nSPS) is 10.5. The molecule has 0 saturated heterocycles. The Kier molecular flexibility index (Phi) is 4.78. The number of nitrogens with one attached hydrogen (secondary N) is 1. The first kappa shape index (κ1) is 15.4. The predicted molar refractivity (Wildman–Crippen MR) is 89.7 cm³/mol. The monoisotopic (exact) mass is 329 g/mol. The van der Waals surface area contributed by atoms with Gasteiger partial charge >= 0.3 is 0 Å². The van der Waals surface area contributed by atoms with Gasteiger partial charge in [0.15, 0.2) is 0 Å². The highest BCUT2D eigenvalue weighted by molar-refractivity contribution is 6.30. The third-order valence-corrected chi connectivity index (χ3v) is 3.43. The van der Waals surface area contributed by atoms with Gasteiger partial charge in [-0.1, -0.05) is 16.8 Å². The molecule has 0 spiro atoms. The van der Waals surface area contributed by atoms with Crippen LogP contribution >= 0.6 is 11.6 Å². The van der Waals surface area contributed by atoms with Crippen LogP contribution in [0.1, 0.15) is 12.8 Å². The SMILES string of the molecule is CCOc1ccc(NCc2nc(-c3ccc(Cl)cc3)no2)cc1.